The molecule has 1 unspecified atom stereocenters. The second kappa shape index (κ2) is 5.49. The van der Waals surface area contributed by atoms with Crippen molar-refractivity contribution in [1.82, 2.24) is 5.43 Å². The summed E-state index contributed by atoms with van der Waals surface area (Å²) >= 11 is 0. The summed E-state index contributed by atoms with van der Waals surface area (Å²) in [5.41, 5.74) is 3.37. The first kappa shape index (κ1) is 14.0. The highest BCUT2D eigenvalue weighted by Crippen LogP contribution is 2.32. The van der Waals surface area contributed by atoms with Crippen molar-refractivity contribution >= 4 is 0 Å². The molecular formula is C13H22N2O2. The summed E-state index contributed by atoms with van der Waals surface area (Å²) in [6.45, 7) is 6.21. The third-order valence-electron chi connectivity index (χ3n) is 2.92. The van der Waals surface area contributed by atoms with Crippen LogP contribution in [0.4, 0.5) is 0 Å². The van der Waals surface area contributed by atoms with Gasteiger partial charge in [0.15, 0.2) is 0 Å². The van der Waals surface area contributed by atoms with E-state index in [2.05, 4.69) is 19.3 Å². The van der Waals surface area contributed by atoms with E-state index in [1.807, 2.05) is 18.2 Å². The van der Waals surface area contributed by atoms with Crippen LogP contribution < -0.4 is 16.0 Å². The van der Waals surface area contributed by atoms with E-state index in [-0.39, 0.29) is 6.54 Å². The van der Waals surface area contributed by atoms with Gasteiger partial charge in [0.2, 0.25) is 0 Å². The lowest BCUT2D eigenvalue weighted by atomic mass is 9.91. The van der Waals surface area contributed by atoms with Crippen molar-refractivity contribution in [3.63, 3.8) is 0 Å². The molecule has 1 aromatic rings. The van der Waals surface area contributed by atoms with Gasteiger partial charge in [0.25, 0.3) is 0 Å². The zero-order valence-electron chi connectivity index (χ0n) is 10.9. The number of hydrogen-bond donors (Lipinski definition) is 3. The van der Waals surface area contributed by atoms with Crippen LogP contribution in [0.3, 0.4) is 0 Å². The van der Waals surface area contributed by atoms with Crippen molar-refractivity contribution in [2.24, 2.45) is 5.84 Å². The smallest absolute Gasteiger partial charge is 0.125 e. The summed E-state index contributed by atoms with van der Waals surface area (Å²) in [7, 11) is 1.60. The Balaban J connectivity index is 3.22. The molecule has 0 aliphatic heterocycles. The van der Waals surface area contributed by atoms with E-state index in [0.717, 1.165) is 11.1 Å². The minimum absolute atomic E-state index is 0.269. The van der Waals surface area contributed by atoms with Gasteiger partial charge in [-0.2, -0.15) is 0 Å². The summed E-state index contributed by atoms with van der Waals surface area (Å²) in [4.78, 5) is 0. The number of benzene rings is 1. The van der Waals surface area contributed by atoms with E-state index in [1.54, 1.807) is 14.0 Å². The lowest BCUT2D eigenvalue weighted by Crippen LogP contribution is -2.39. The molecule has 1 aromatic carbocycles. The first-order chi connectivity index (χ1) is 7.92. The van der Waals surface area contributed by atoms with Crippen LogP contribution in [0.2, 0.25) is 0 Å². The van der Waals surface area contributed by atoms with Crippen molar-refractivity contribution in [2.45, 2.75) is 32.3 Å². The molecule has 4 heteroatoms. The van der Waals surface area contributed by atoms with Crippen LogP contribution in [0.25, 0.3) is 0 Å². The van der Waals surface area contributed by atoms with Crippen LogP contribution in [0.15, 0.2) is 18.2 Å². The Hall–Kier alpha value is -1.10. The van der Waals surface area contributed by atoms with Crippen LogP contribution >= 0.6 is 0 Å². The molecule has 0 fully saturated rings. The fourth-order valence-electron chi connectivity index (χ4n) is 1.80. The number of hydrazine groups is 1. The van der Waals surface area contributed by atoms with E-state index in [9.17, 15) is 5.11 Å². The number of ether oxygens (including phenoxy) is 1. The second-order valence-electron chi connectivity index (χ2n) is 4.77. The lowest BCUT2D eigenvalue weighted by molar-refractivity contribution is 0.0545. The molecule has 0 aliphatic carbocycles. The molecular weight excluding hydrogens is 216 g/mol. The molecule has 0 heterocycles. The molecule has 4 nitrogen and oxygen atoms in total. The van der Waals surface area contributed by atoms with Crippen LogP contribution in [0.1, 0.15) is 37.8 Å². The molecule has 0 aliphatic rings. The zero-order chi connectivity index (χ0) is 13.1. The van der Waals surface area contributed by atoms with Crippen molar-refractivity contribution in [3.8, 4) is 5.75 Å². The van der Waals surface area contributed by atoms with E-state index < -0.39 is 5.60 Å². The fraction of sp³-hybridized carbons (Fsp3) is 0.538. The van der Waals surface area contributed by atoms with E-state index in [4.69, 9.17) is 10.6 Å². The van der Waals surface area contributed by atoms with Gasteiger partial charge in [0.05, 0.1) is 7.11 Å². The van der Waals surface area contributed by atoms with Gasteiger partial charge in [-0.25, -0.2) is 0 Å². The van der Waals surface area contributed by atoms with E-state index in [1.165, 1.54) is 0 Å². The first-order valence-electron chi connectivity index (χ1n) is 5.76. The van der Waals surface area contributed by atoms with Gasteiger partial charge < -0.3 is 9.84 Å². The highest BCUT2D eigenvalue weighted by molar-refractivity contribution is 5.42. The molecule has 0 saturated carbocycles. The Labute approximate surface area is 103 Å². The van der Waals surface area contributed by atoms with Gasteiger partial charge in [-0.05, 0) is 30.5 Å². The Morgan fingerprint density at radius 1 is 1.47 bits per heavy atom. The summed E-state index contributed by atoms with van der Waals surface area (Å²) in [6, 6.07) is 5.87. The average molecular weight is 238 g/mol. The largest absolute Gasteiger partial charge is 0.496 e. The Bertz CT molecular complexity index is 376. The molecule has 1 rings (SSSR count). The Morgan fingerprint density at radius 3 is 2.59 bits per heavy atom. The van der Waals surface area contributed by atoms with Gasteiger partial charge >= 0.3 is 0 Å². The zero-order valence-corrected chi connectivity index (χ0v) is 10.9. The van der Waals surface area contributed by atoms with E-state index in [0.29, 0.717) is 11.7 Å². The number of methoxy groups -OCH3 is 1. The second-order valence-corrected chi connectivity index (χ2v) is 4.77. The number of aliphatic hydroxyl groups is 1. The summed E-state index contributed by atoms with van der Waals surface area (Å²) in [5, 5.41) is 10.4. The number of nitrogens with two attached hydrogens (primary N) is 1. The van der Waals surface area contributed by atoms with Crippen molar-refractivity contribution in [2.75, 3.05) is 13.7 Å². The lowest BCUT2D eigenvalue weighted by Gasteiger charge is -2.26. The molecule has 96 valence electrons. The van der Waals surface area contributed by atoms with Crippen molar-refractivity contribution in [1.29, 1.82) is 0 Å². The number of rotatable bonds is 5. The Kier molecular flexibility index (Phi) is 4.51. The highest BCUT2D eigenvalue weighted by Gasteiger charge is 2.26. The average Bonchev–Trinajstić information content (AvgIpc) is 2.28. The minimum Gasteiger partial charge on any atom is -0.496 e. The minimum atomic E-state index is -1.05. The van der Waals surface area contributed by atoms with Gasteiger partial charge in [-0.1, -0.05) is 19.9 Å². The van der Waals surface area contributed by atoms with Crippen LogP contribution in [-0.2, 0) is 5.60 Å². The molecule has 17 heavy (non-hydrogen) atoms. The van der Waals surface area contributed by atoms with Crippen LogP contribution in [-0.4, -0.2) is 18.8 Å². The van der Waals surface area contributed by atoms with Gasteiger partial charge in [-0.3, -0.25) is 11.3 Å². The van der Waals surface area contributed by atoms with Gasteiger partial charge in [0, 0.05) is 12.1 Å². The van der Waals surface area contributed by atoms with Crippen molar-refractivity contribution in [3.05, 3.63) is 29.3 Å². The monoisotopic (exact) mass is 238 g/mol. The molecule has 0 bridgehead atoms. The summed E-state index contributed by atoms with van der Waals surface area (Å²) in [5.74, 6) is 6.37. The SMILES string of the molecule is COc1ccc(C(C)C)cc1C(C)(O)CNN. The highest BCUT2D eigenvalue weighted by atomic mass is 16.5. The maximum atomic E-state index is 10.4. The standard InChI is InChI=1S/C13H22N2O2/c1-9(2)10-5-6-12(17-4)11(7-10)13(3,16)8-15-14/h5-7,9,15-16H,8,14H2,1-4H3. The summed E-state index contributed by atoms with van der Waals surface area (Å²) in [6.07, 6.45) is 0. The molecule has 4 N–H and O–H groups in total. The van der Waals surface area contributed by atoms with Crippen LogP contribution in [0, 0.1) is 0 Å². The third kappa shape index (κ3) is 3.19. The molecule has 0 spiro atoms. The molecule has 0 aromatic heterocycles. The predicted molar refractivity (Wildman–Crippen MR) is 68.8 cm³/mol. The van der Waals surface area contributed by atoms with Crippen LogP contribution in [0.5, 0.6) is 5.75 Å². The van der Waals surface area contributed by atoms with E-state index >= 15 is 0 Å². The maximum absolute atomic E-state index is 10.4. The molecule has 0 amide bonds. The normalized spacial score (nSPS) is 14.8. The predicted octanol–water partition coefficient (Wildman–Crippen LogP) is 1.49. The number of hydrogen-bond acceptors (Lipinski definition) is 4. The quantitative estimate of drug-likeness (QED) is 0.537. The fourth-order valence-corrected chi connectivity index (χ4v) is 1.80. The third-order valence-corrected chi connectivity index (χ3v) is 2.92. The van der Waals surface area contributed by atoms with Crippen molar-refractivity contribution < 1.29 is 9.84 Å². The number of nitrogens with one attached hydrogen (secondary N) is 1. The molecule has 1 atom stereocenters. The first-order valence-corrected chi connectivity index (χ1v) is 5.76. The topological polar surface area (TPSA) is 67.5 Å². The van der Waals surface area contributed by atoms with Gasteiger partial charge in [-0.15, -0.1) is 0 Å². The Morgan fingerprint density at radius 2 is 2.12 bits per heavy atom. The molecule has 0 radical (unpaired) electrons. The van der Waals surface area contributed by atoms with Gasteiger partial charge in [0.1, 0.15) is 11.4 Å². The molecule has 0 saturated heterocycles. The summed E-state index contributed by atoms with van der Waals surface area (Å²) < 4.78 is 5.28. The maximum Gasteiger partial charge on any atom is 0.125 e.